The second kappa shape index (κ2) is 20.4. The van der Waals surface area contributed by atoms with E-state index < -0.39 is 55.5 Å². The van der Waals surface area contributed by atoms with E-state index in [9.17, 15) is 36.9 Å². The van der Waals surface area contributed by atoms with Gasteiger partial charge in [-0.2, -0.15) is 13.2 Å². The van der Waals surface area contributed by atoms with Crippen LogP contribution in [-0.4, -0.2) is 120 Å². The van der Waals surface area contributed by atoms with Crippen molar-refractivity contribution in [2.24, 2.45) is 11.8 Å². The van der Waals surface area contributed by atoms with Gasteiger partial charge in [0.25, 0.3) is 5.91 Å². The summed E-state index contributed by atoms with van der Waals surface area (Å²) in [5.41, 5.74) is 0.895. The summed E-state index contributed by atoms with van der Waals surface area (Å²) in [5.74, 6) is -5.03. The molecule has 1 aromatic heterocycles. The van der Waals surface area contributed by atoms with E-state index in [1.54, 1.807) is 35.2 Å². The molecule has 19 heteroatoms. The SMILES string of the molecule is C[C@H](NP(=O)(Oc1ccccc1)[C@@H](F)c1ccc2sc(C(=O)NC3CC[C@H](N(C)C4CC(C(F)(F)F)C4)C[C@H]4CC[C@@H](C(=O)N5C[C@H](c6ccccc6)CC56CC6)N4C3=O)cc2c1)C(=O)OC[C@H]1CCOC1. The third-order valence-corrected chi connectivity index (χ3v) is 19.4. The summed E-state index contributed by atoms with van der Waals surface area (Å²) in [4.78, 5) is 63.2. The molecule has 72 heavy (non-hydrogen) atoms. The number of amides is 3. The van der Waals surface area contributed by atoms with E-state index in [2.05, 4.69) is 22.5 Å². The van der Waals surface area contributed by atoms with Crippen molar-refractivity contribution in [3.05, 3.63) is 101 Å². The fourth-order valence-electron chi connectivity index (χ4n) is 11.8. The lowest BCUT2D eigenvalue weighted by Crippen LogP contribution is -2.60. The van der Waals surface area contributed by atoms with Crippen molar-refractivity contribution < 1.29 is 55.3 Å². The number of halogens is 4. The minimum Gasteiger partial charge on any atom is -0.464 e. The number of fused-ring (bicyclic) bond motifs is 2. The number of esters is 1. The van der Waals surface area contributed by atoms with E-state index in [-0.39, 0.29) is 89.4 Å². The molecule has 2 N–H and O–H groups in total. The summed E-state index contributed by atoms with van der Waals surface area (Å²) in [6.07, 6.45) is 1.26. The van der Waals surface area contributed by atoms with Gasteiger partial charge in [-0.1, -0.05) is 54.6 Å². The number of para-hydroxylation sites is 1. The molecule has 13 nitrogen and oxygen atoms in total. The van der Waals surface area contributed by atoms with Crippen molar-refractivity contribution in [3.8, 4) is 5.75 Å². The van der Waals surface area contributed by atoms with Gasteiger partial charge < -0.3 is 34.0 Å². The number of nitrogens with zero attached hydrogens (tertiary/aromatic N) is 3. The number of benzene rings is 3. The topological polar surface area (TPSA) is 147 Å². The van der Waals surface area contributed by atoms with Crippen LogP contribution in [0.3, 0.4) is 0 Å². The minimum atomic E-state index is -4.56. The van der Waals surface area contributed by atoms with Gasteiger partial charge in [0, 0.05) is 53.4 Å². The van der Waals surface area contributed by atoms with Crippen molar-refractivity contribution in [1.82, 2.24) is 25.1 Å². The molecule has 1 spiro atoms. The summed E-state index contributed by atoms with van der Waals surface area (Å²) in [5, 5.41) is 6.07. The molecule has 4 aliphatic heterocycles. The maximum absolute atomic E-state index is 16.9. The fraction of sp³-hybridized carbons (Fsp3) is 0.547. The summed E-state index contributed by atoms with van der Waals surface area (Å²) in [7, 11) is -2.71. The maximum Gasteiger partial charge on any atom is 0.391 e. The zero-order valence-corrected chi connectivity index (χ0v) is 42.1. The molecule has 6 aliphatic rings. The van der Waals surface area contributed by atoms with Gasteiger partial charge in [0.05, 0.1) is 24.0 Å². The van der Waals surface area contributed by atoms with Gasteiger partial charge in [0.15, 0.2) is 0 Å². The van der Waals surface area contributed by atoms with E-state index in [0.29, 0.717) is 55.5 Å². The highest BCUT2D eigenvalue weighted by Gasteiger charge is 2.59. The molecular formula is C53H62F4N5O8PS. The maximum atomic E-state index is 16.9. The summed E-state index contributed by atoms with van der Waals surface area (Å²) < 4.78 is 89.7. The predicted octanol–water partition coefficient (Wildman–Crippen LogP) is 9.53. The zero-order chi connectivity index (χ0) is 50.5. The van der Waals surface area contributed by atoms with Crippen LogP contribution in [-0.2, 0) is 28.4 Å². The van der Waals surface area contributed by atoms with Crippen LogP contribution in [0.25, 0.3) is 10.1 Å². The number of ether oxygens (including phenoxy) is 2. The van der Waals surface area contributed by atoms with Crippen LogP contribution in [0.2, 0.25) is 0 Å². The van der Waals surface area contributed by atoms with E-state index in [4.69, 9.17) is 14.0 Å². The van der Waals surface area contributed by atoms with Crippen LogP contribution < -0.4 is 14.9 Å². The average Bonchev–Trinajstić information content (AvgIpc) is 3.79. The molecule has 0 radical (unpaired) electrons. The Morgan fingerprint density at radius 3 is 2.38 bits per heavy atom. The number of carbonyl (C=O) groups excluding carboxylic acids is 4. The van der Waals surface area contributed by atoms with Gasteiger partial charge in [-0.05, 0) is 131 Å². The van der Waals surface area contributed by atoms with Crippen LogP contribution in [0.4, 0.5) is 17.6 Å². The van der Waals surface area contributed by atoms with Gasteiger partial charge in [-0.15, -0.1) is 11.3 Å². The summed E-state index contributed by atoms with van der Waals surface area (Å²) in [6, 6.07) is 20.5. The summed E-state index contributed by atoms with van der Waals surface area (Å²) in [6.45, 7) is 3.11. The number of thiophene rings is 1. The normalized spacial score (nSPS) is 28.7. The van der Waals surface area contributed by atoms with Crippen molar-refractivity contribution in [3.63, 3.8) is 0 Å². The van der Waals surface area contributed by atoms with Gasteiger partial charge >= 0.3 is 19.7 Å². The van der Waals surface area contributed by atoms with Crippen molar-refractivity contribution in [2.75, 3.05) is 33.4 Å². The summed E-state index contributed by atoms with van der Waals surface area (Å²) >= 11 is 1.13. The number of alkyl halides is 4. The number of hydrogen-bond donors (Lipinski definition) is 2. The Morgan fingerprint density at radius 1 is 0.944 bits per heavy atom. The average molecular weight is 1040 g/mol. The van der Waals surface area contributed by atoms with Crippen molar-refractivity contribution >= 4 is 52.6 Å². The van der Waals surface area contributed by atoms with Crippen molar-refractivity contribution in [1.29, 1.82) is 0 Å². The molecule has 3 amide bonds. The van der Waals surface area contributed by atoms with E-state index in [0.717, 1.165) is 37.0 Å². The minimum absolute atomic E-state index is 0.000231. The fourth-order valence-corrected chi connectivity index (χ4v) is 14.6. The van der Waals surface area contributed by atoms with Crippen LogP contribution in [0.1, 0.15) is 110 Å². The lowest BCUT2D eigenvalue weighted by molar-refractivity contribution is -0.207. The number of nitrogens with one attached hydrogen (secondary N) is 2. The first-order chi connectivity index (χ1) is 34.5. The number of rotatable bonds is 15. The van der Waals surface area contributed by atoms with E-state index in [1.165, 1.54) is 36.8 Å². The molecule has 2 saturated carbocycles. The molecule has 6 fully saturated rings. The first-order valence-electron chi connectivity index (χ1n) is 25.3. The lowest BCUT2D eigenvalue weighted by atomic mass is 9.77. The Labute approximate surface area is 420 Å². The van der Waals surface area contributed by atoms with E-state index >= 15 is 4.39 Å². The number of likely N-dealkylation sites (tertiary alicyclic amines) is 1. The molecular weight excluding hydrogens is 974 g/mol. The standard InChI is InChI=1S/C53H62F4N5O8PS/c1-32(51(66)69-31-33-19-22-68-30-33)59-71(67,70-42-11-7-4-8-12-42)47(54)35-13-18-45-36(23-35)24-46(72-45)48(63)58-43-16-14-39(60(2)41-25-38(26-41)53(55,56)57)27-40-15-17-44(62(40)49(43)64)50(65)61-29-37(28-52(61)20-21-52)34-9-5-3-6-10-34/h3-13,18,23-24,32-33,37-41,43-44,47H,14-17,19-22,25-31H2,1-2H3,(H,58,63)(H,59,67)/t32-,33-,37+,38?,39-,40+,41?,43?,44-,47+,71?/m0/s1. The Morgan fingerprint density at radius 2 is 1.68 bits per heavy atom. The molecule has 386 valence electrons. The molecule has 5 heterocycles. The van der Waals surface area contributed by atoms with Crippen LogP contribution in [0.5, 0.6) is 5.75 Å². The number of carbonyl (C=O) groups is 4. The Bertz CT molecular complexity index is 2680. The monoisotopic (exact) mass is 1040 g/mol. The van der Waals surface area contributed by atoms with Crippen LogP contribution in [0, 0.1) is 11.8 Å². The second-order valence-electron chi connectivity index (χ2n) is 21.0. The highest BCUT2D eigenvalue weighted by atomic mass is 32.1. The molecule has 0 bridgehead atoms. The molecule has 4 saturated heterocycles. The molecule has 10 rings (SSSR count). The smallest absolute Gasteiger partial charge is 0.391 e. The molecule has 9 atom stereocenters. The van der Waals surface area contributed by atoms with Gasteiger partial charge in [-0.3, -0.25) is 23.7 Å². The third kappa shape index (κ3) is 10.4. The Kier molecular flexibility index (Phi) is 14.4. The van der Waals surface area contributed by atoms with Gasteiger partial charge in [0.1, 0.15) is 23.9 Å². The highest BCUT2D eigenvalue weighted by molar-refractivity contribution is 7.57. The lowest BCUT2D eigenvalue weighted by Gasteiger charge is -2.47. The first-order valence-corrected chi connectivity index (χ1v) is 27.8. The molecule has 2 unspecified atom stereocenters. The molecule has 2 aliphatic carbocycles. The largest absolute Gasteiger partial charge is 0.464 e. The van der Waals surface area contributed by atoms with E-state index in [1.807, 2.05) is 35.0 Å². The van der Waals surface area contributed by atoms with Crippen LogP contribution >= 0.6 is 18.9 Å². The second-order valence-corrected chi connectivity index (χ2v) is 24.1. The molecule has 4 aromatic rings. The van der Waals surface area contributed by atoms with Gasteiger partial charge in [0.2, 0.25) is 17.7 Å². The van der Waals surface area contributed by atoms with Crippen LogP contribution in [0.15, 0.2) is 84.9 Å². The van der Waals surface area contributed by atoms with Crippen molar-refractivity contribution in [2.45, 2.75) is 137 Å². The Hall–Kier alpha value is -4.87. The predicted molar refractivity (Wildman–Crippen MR) is 263 cm³/mol. The Balaban J connectivity index is 0.878. The third-order valence-electron chi connectivity index (χ3n) is 16.2. The molecule has 3 aromatic carbocycles. The van der Waals surface area contributed by atoms with Gasteiger partial charge in [-0.25, -0.2) is 9.48 Å². The first kappa shape index (κ1) is 50.7. The highest BCUT2D eigenvalue weighted by Crippen LogP contribution is 2.58. The number of hydrogen-bond acceptors (Lipinski definition) is 10. The quantitative estimate of drug-likeness (QED) is 0.0671. The zero-order valence-electron chi connectivity index (χ0n) is 40.4.